The van der Waals surface area contributed by atoms with Gasteiger partial charge in [0, 0.05) is 18.8 Å². The Morgan fingerprint density at radius 3 is 2.50 bits per heavy atom. The molecule has 0 radical (unpaired) electrons. The molecule has 0 aromatic heterocycles. The number of ketones is 2. The number of hydrogen-bond donors (Lipinski definition) is 1. The van der Waals surface area contributed by atoms with Crippen LogP contribution in [0.2, 0.25) is 0 Å². The number of carbonyl (C=O) groups excluding carboxylic acids is 2. The predicted molar refractivity (Wildman–Crippen MR) is 69.0 cm³/mol. The number of carbonyl (C=O) groups is 2. The molecule has 0 aromatic carbocycles. The Hall–Kier alpha value is -0.700. The molecule has 0 spiro atoms. The molecule has 4 atom stereocenters. The van der Waals surface area contributed by atoms with Crippen LogP contribution < -0.4 is 0 Å². The summed E-state index contributed by atoms with van der Waals surface area (Å²) in [6.07, 6.45) is 2.14. The third-order valence-electron chi connectivity index (χ3n) is 5.61. The minimum absolute atomic E-state index is 0.0907. The first-order valence-corrected chi connectivity index (χ1v) is 7.00. The Kier molecular flexibility index (Phi) is 3.17. The zero-order chi connectivity index (χ0) is 13.7. The van der Waals surface area contributed by atoms with Crippen LogP contribution in [0.25, 0.3) is 0 Å². The van der Waals surface area contributed by atoms with Crippen molar-refractivity contribution in [2.45, 2.75) is 59.0 Å². The normalized spacial score (nSPS) is 45.2. The molecule has 2 aliphatic carbocycles. The van der Waals surface area contributed by atoms with Crippen LogP contribution >= 0.6 is 0 Å². The summed E-state index contributed by atoms with van der Waals surface area (Å²) in [5.74, 6) is 0.204. The molecular formula is C15H24O3. The first-order valence-electron chi connectivity index (χ1n) is 7.00. The van der Waals surface area contributed by atoms with Crippen LogP contribution in [0.3, 0.4) is 0 Å². The van der Waals surface area contributed by atoms with Crippen molar-refractivity contribution in [3.63, 3.8) is 0 Å². The average molecular weight is 252 g/mol. The van der Waals surface area contributed by atoms with E-state index < -0.39 is 5.60 Å². The van der Waals surface area contributed by atoms with E-state index >= 15 is 0 Å². The highest BCUT2D eigenvalue weighted by Gasteiger charge is 2.58. The van der Waals surface area contributed by atoms with Gasteiger partial charge < -0.3 is 5.11 Å². The minimum atomic E-state index is -1.24. The molecule has 1 N–H and O–H groups in total. The van der Waals surface area contributed by atoms with Crippen molar-refractivity contribution in [3.8, 4) is 0 Å². The molecule has 3 heteroatoms. The van der Waals surface area contributed by atoms with Crippen molar-refractivity contribution in [3.05, 3.63) is 0 Å². The largest absolute Gasteiger partial charge is 0.382 e. The molecule has 2 saturated carbocycles. The van der Waals surface area contributed by atoms with Crippen LogP contribution in [0.15, 0.2) is 0 Å². The van der Waals surface area contributed by atoms with Crippen molar-refractivity contribution in [2.24, 2.45) is 23.2 Å². The number of aliphatic hydroxyl groups is 1. The summed E-state index contributed by atoms with van der Waals surface area (Å²) in [7, 11) is 0. The molecular weight excluding hydrogens is 228 g/mol. The zero-order valence-corrected chi connectivity index (χ0v) is 11.8. The van der Waals surface area contributed by atoms with E-state index in [9.17, 15) is 14.7 Å². The second-order valence-electron chi connectivity index (χ2n) is 6.85. The summed E-state index contributed by atoms with van der Waals surface area (Å²) in [5.41, 5.74) is -1.46. The predicted octanol–water partition coefficient (Wildman–Crippen LogP) is 2.36. The standard InChI is InChI=1S/C15H24O3/c1-9(2)15(18)8-14(4)10(3)5-6-12(16)11(14)7-13(15)17/h9-11,18H,5-8H2,1-4H3/t10-,11+,14+,15-/m0/s1. The molecule has 0 bridgehead atoms. The van der Waals surface area contributed by atoms with Gasteiger partial charge in [-0.1, -0.05) is 27.7 Å². The van der Waals surface area contributed by atoms with E-state index in [1.807, 2.05) is 13.8 Å². The van der Waals surface area contributed by atoms with Crippen LogP contribution in [0.1, 0.15) is 53.4 Å². The maximum atomic E-state index is 12.2. The van der Waals surface area contributed by atoms with Gasteiger partial charge in [-0.3, -0.25) is 9.59 Å². The number of Topliss-reactive ketones (excluding diaryl/α,β-unsaturated/α-hetero) is 2. The lowest BCUT2D eigenvalue weighted by molar-refractivity contribution is -0.170. The molecule has 3 nitrogen and oxygen atoms in total. The Bertz CT molecular complexity index is 387. The lowest BCUT2D eigenvalue weighted by Gasteiger charge is -2.53. The van der Waals surface area contributed by atoms with Gasteiger partial charge in [-0.25, -0.2) is 0 Å². The molecule has 0 heterocycles. The van der Waals surface area contributed by atoms with E-state index in [2.05, 4.69) is 13.8 Å². The molecule has 0 unspecified atom stereocenters. The van der Waals surface area contributed by atoms with Crippen LogP contribution in [0, 0.1) is 23.2 Å². The lowest BCUT2D eigenvalue weighted by Crippen LogP contribution is -2.59. The molecule has 102 valence electrons. The van der Waals surface area contributed by atoms with Crippen molar-refractivity contribution in [1.82, 2.24) is 0 Å². The van der Waals surface area contributed by atoms with Crippen molar-refractivity contribution >= 4 is 11.6 Å². The number of rotatable bonds is 1. The van der Waals surface area contributed by atoms with E-state index in [1.54, 1.807) is 0 Å². The Morgan fingerprint density at radius 2 is 1.94 bits per heavy atom. The Labute approximate surface area is 109 Å². The Morgan fingerprint density at radius 1 is 1.33 bits per heavy atom. The molecule has 0 aliphatic heterocycles. The molecule has 0 aromatic rings. The number of hydrogen-bond acceptors (Lipinski definition) is 3. The van der Waals surface area contributed by atoms with E-state index in [0.717, 1.165) is 6.42 Å². The van der Waals surface area contributed by atoms with E-state index in [0.29, 0.717) is 18.8 Å². The van der Waals surface area contributed by atoms with Gasteiger partial charge in [0.2, 0.25) is 0 Å². The van der Waals surface area contributed by atoms with Crippen molar-refractivity contribution in [1.29, 1.82) is 0 Å². The van der Waals surface area contributed by atoms with Crippen molar-refractivity contribution < 1.29 is 14.7 Å². The third kappa shape index (κ3) is 1.75. The third-order valence-corrected chi connectivity index (χ3v) is 5.61. The van der Waals surface area contributed by atoms with Gasteiger partial charge in [0.05, 0.1) is 0 Å². The van der Waals surface area contributed by atoms with Crippen LogP contribution in [-0.4, -0.2) is 22.3 Å². The lowest BCUT2D eigenvalue weighted by atomic mass is 9.51. The molecule has 0 saturated heterocycles. The summed E-state index contributed by atoms with van der Waals surface area (Å²) in [5, 5.41) is 10.7. The van der Waals surface area contributed by atoms with Crippen molar-refractivity contribution in [2.75, 3.05) is 0 Å². The van der Waals surface area contributed by atoms with E-state index in [-0.39, 0.29) is 35.2 Å². The fraction of sp³-hybridized carbons (Fsp3) is 0.867. The summed E-state index contributed by atoms with van der Waals surface area (Å²) < 4.78 is 0. The zero-order valence-electron chi connectivity index (χ0n) is 11.8. The summed E-state index contributed by atoms with van der Waals surface area (Å²) >= 11 is 0. The quantitative estimate of drug-likeness (QED) is 0.779. The SMILES string of the molecule is CC(C)[C@@]1(O)C[C@@]2(C)[C@H](CC1=O)C(=O)CC[C@@H]2C. The first-order chi connectivity index (χ1) is 8.21. The highest BCUT2D eigenvalue weighted by atomic mass is 16.3. The average Bonchev–Trinajstić information content (AvgIpc) is 2.28. The van der Waals surface area contributed by atoms with Crippen LogP contribution in [0.5, 0.6) is 0 Å². The second kappa shape index (κ2) is 4.16. The molecule has 2 aliphatic rings. The second-order valence-corrected chi connectivity index (χ2v) is 6.85. The highest BCUT2D eigenvalue weighted by Crippen LogP contribution is 2.54. The monoisotopic (exact) mass is 252 g/mol. The molecule has 18 heavy (non-hydrogen) atoms. The van der Waals surface area contributed by atoms with Crippen LogP contribution in [0.4, 0.5) is 0 Å². The maximum Gasteiger partial charge on any atom is 0.165 e. The summed E-state index contributed by atoms with van der Waals surface area (Å²) in [6, 6.07) is 0. The molecule has 2 rings (SSSR count). The molecule has 0 amide bonds. The van der Waals surface area contributed by atoms with Gasteiger partial charge in [0.15, 0.2) is 5.78 Å². The fourth-order valence-electron chi connectivity index (χ4n) is 3.79. The van der Waals surface area contributed by atoms with E-state index in [1.165, 1.54) is 0 Å². The topological polar surface area (TPSA) is 54.4 Å². The minimum Gasteiger partial charge on any atom is -0.382 e. The smallest absolute Gasteiger partial charge is 0.165 e. The highest BCUT2D eigenvalue weighted by molar-refractivity contribution is 5.95. The summed E-state index contributed by atoms with van der Waals surface area (Å²) in [6.45, 7) is 8.00. The van der Waals surface area contributed by atoms with E-state index in [4.69, 9.17) is 0 Å². The summed E-state index contributed by atoms with van der Waals surface area (Å²) in [4.78, 5) is 24.3. The maximum absolute atomic E-state index is 12.2. The van der Waals surface area contributed by atoms with Gasteiger partial charge in [-0.2, -0.15) is 0 Å². The molecule has 2 fully saturated rings. The van der Waals surface area contributed by atoms with Gasteiger partial charge in [0.25, 0.3) is 0 Å². The van der Waals surface area contributed by atoms with Gasteiger partial charge in [-0.05, 0) is 30.1 Å². The van der Waals surface area contributed by atoms with Crippen LogP contribution in [-0.2, 0) is 9.59 Å². The number of fused-ring (bicyclic) bond motifs is 1. The van der Waals surface area contributed by atoms with Gasteiger partial charge >= 0.3 is 0 Å². The van der Waals surface area contributed by atoms with Gasteiger partial charge in [0.1, 0.15) is 11.4 Å². The van der Waals surface area contributed by atoms with Gasteiger partial charge in [-0.15, -0.1) is 0 Å². The fourth-order valence-corrected chi connectivity index (χ4v) is 3.79. The first kappa shape index (κ1) is 13.7. The Balaban J connectivity index is 2.39.